The molecular formula is C10H17N5O5S2. The Morgan fingerprint density at radius 1 is 1.41 bits per heavy atom. The highest BCUT2D eigenvalue weighted by atomic mass is 32.2. The molecular weight excluding hydrogens is 334 g/mol. The van der Waals surface area contributed by atoms with Crippen molar-refractivity contribution in [2.24, 2.45) is 5.14 Å². The number of nitrogens with zero attached hydrogens (tertiary/aromatic N) is 1. The average Bonchev–Trinajstić information content (AvgIpc) is 2.88. The first-order valence-electron chi connectivity index (χ1n) is 6.25. The van der Waals surface area contributed by atoms with E-state index in [-0.39, 0.29) is 13.0 Å². The second-order valence-corrected chi connectivity index (χ2v) is 6.54. The molecule has 124 valence electrons. The van der Waals surface area contributed by atoms with Crippen LogP contribution in [0.15, 0.2) is 11.6 Å². The molecule has 0 aliphatic rings. The first-order valence-corrected chi connectivity index (χ1v) is 8.68. The molecule has 0 radical (unpaired) electrons. The zero-order valence-corrected chi connectivity index (χ0v) is 13.1. The van der Waals surface area contributed by atoms with Crippen LogP contribution in [-0.4, -0.2) is 43.1 Å². The van der Waals surface area contributed by atoms with Crippen molar-refractivity contribution in [1.82, 2.24) is 15.0 Å². The number of carbonyl (C=O) groups is 2. The SMILES string of the molecule is NS(=O)(=O)NCCCCC(NC(=O)O)C(=O)Nc1nccs1. The van der Waals surface area contributed by atoms with E-state index < -0.39 is 28.3 Å². The molecule has 1 aromatic heterocycles. The lowest BCUT2D eigenvalue weighted by molar-refractivity contribution is -0.118. The summed E-state index contributed by atoms with van der Waals surface area (Å²) in [5, 5.41) is 20.2. The minimum absolute atomic E-state index is 0.118. The molecule has 22 heavy (non-hydrogen) atoms. The lowest BCUT2D eigenvalue weighted by atomic mass is 10.1. The number of amides is 2. The highest BCUT2D eigenvalue weighted by molar-refractivity contribution is 7.87. The lowest BCUT2D eigenvalue weighted by Gasteiger charge is -2.15. The number of rotatable bonds is 9. The quantitative estimate of drug-likeness (QED) is 0.383. The molecule has 6 N–H and O–H groups in total. The van der Waals surface area contributed by atoms with E-state index in [1.54, 1.807) is 5.38 Å². The van der Waals surface area contributed by atoms with Crippen molar-refractivity contribution < 1.29 is 23.1 Å². The van der Waals surface area contributed by atoms with E-state index in [0.29, 0.717) is 18.0 Å². The van der Waals surface area contributed by atoms with Crippen LogP contribution in [0.4, 0.5) is 9.93 Å². The zero-order chi connectivity index (χ0) is 16.6. The van der Waals surface area contributed by atoms with Gasteiger partial charge in [-0.2, -0.15) is 8.42 Å². The third-order valence-corrected chi connectivity index (χ3v) is 3.79. The Balaban J connectivity index is 2.43. The summed E-state index contributed by atoms with van der Waals surface area (Å²) in [5.74, 6) is -0.517. The first-order chi connectivity index (χ1) is 10.3. The molecule has 0 aliphatic heterocycles. The number of aromatic nitrogens is 1. The topological polar surface area (TPSA) is 164 Å². The van der Waals surface area contributed by atoms with Crippen molar-refractivity contribution in [2.75, 3.05) is 11.9 Å². The molecule has 10 nitrogen and oxygen atoms in total. The van der Waals surface area contributed by atoms with Crippen LogP contribution >= 0.6 is 11.3 Å². The third kappa shape index (κ3) is 7.87. The van der Waals surface area contributed by atoms with Gasteiger partial charge in [0.2, 0.25) is 5.91 Å². The second-order valence-electron chi connectivity index (χ2n) is 4.26. The number of carboxylic acid groups (broad SMARTS) is 1. The number of hydrogen-bond donors (Lipinski definition) is 5. The summed E-state index contributed by atoms with van der Waals surface area (Å²) in [6.07, 6.45) is 1.26. The summed E-state index contributed by atoms with van der Waals surface area (Å²) in [6, 6.07) is -0.948. The van der Waals surface area contributed by atoms with Gasteiger partial charge in [-0.3, -0.25) is 4.79 Å². The molecule has 1 atom stereocenters. The second kappa shape index (κ2) is 8.63. The number of unbranched alkanes of at least 4 members (excludes halogenated alkanes) is 1. The lowest BCUT2D eigenvalue weighted by Crippen LogP contribution is -2.43. The summed E-state index contributed by atoms with van der Waals surface area (Å²) in [6.45, 7) is 0.118. The van der Waals surface area contributed by atoms with Gasteiger partial charge >= 0.3 is 6.09 Å². The van der Waals surface area contributed by atoms with Gasteiger partial charge in [-0.15, -0.1) is 11.3 Å². The summed E-state index contributed by atoms with van der Waals surface area (Å²) in [4.78, 5) is 26.6. The van der Waals surface area contributed by atoms with Crippen molar-refractivity contribution in [3.05, 3.63) is 11.6 Å². The molecule has 1 heterocycles. The van der Waals surface area contributed by atoms with Gasteiger partial charge in [-0.1, -0.05) is 0 Å². The number of carbonyl (C=O) groups excluding carboxylic acids is 1. The fraction of sp³-hybridized carbons (Fsp3) is 0.500. The van der Waals surface area contributed by atoms with Crippen LogP contribution in [0.25, 0.3) is 0 Å². The standard InChI is InChI=1S/C10H17N5O5S2/c11-22(19,20)13-4-2-1-3-7(14-10(17)18)8(16)15-9-12-5-6-21-9/h5-7,13-14H,1-4H2,(H,17,18)(H2,11,19,20)(H,12,15,16). The summed E-state index contributed by atoms with van der Waals surface area (Å²) < 4.78 is 23.4. The smallest absolute Gasteiger partial charge is 0.405 e. The molecule has 0 saturated heterocycles. The van der Waals surface area contributed by atoms with Gasteiger partial charge in [0.25, 0.3) is 10.2 Å². The highest BCUT2D eigenvalue weighted by Crippen LogP contribution is 2.12. The third-order valence-electron chi connectivity index (χ3n) is 2.50. The Morgan fingerprint density at radius 2 is 2.14 bits per heavy atom. The van der Waals surface area contributed by atoms with Crippen LogP contribution in [-0.2, 0) is 15.0 Å². The van der Waals surface area contributed by atoms with Crippen LogP contribution in [0.5, 0.6) is 0 Å². The van der Waals surface area contributed by atoms with Crippen LogP contribution in [0, 0.1) is 0 Å². The largest absolute Gasteiger partial charge is 0.465 e. The van der Waals surface area contributed by atoms with E-state index in [1.165, 1.54) is 17.5 Å². The van der Waals surface area contributed by atoms with Gasteiger partial charge in [0.05, 0.1) is 0 Å². The molecule has 2 amide bonds. The molecule has 0 bridgehead atoms. The number of nitrogens with one attached hydrogen (secondary N) is 3. The summed E-state index contributed by atoms with van der Waals surface area (Å²) >= 11 is 1.21. The van der Waals surface area contributed by atoms with Crippen LogP contribution < -0.4 is 20.5 Å². The molecule has 0 saturated carbocycles. The van der Waals surface area contributed by atoms with Crippen LogP contribution in [0.1, 0.15) is 19.3 Å². The number of nitrogens with two attached hydrogens (primary N) is 1. The monoisotopic (exact) mass is 351 g/mol. The molecule has 1 aromatic rings. The van der Waals surface area contributed by atoms with E-state index in [0.717, 1.165) is 0 Å². The van der Waals surface area contributed by atoms with Gasteiger partial charge in [0.1, 0.15) is 6.04 Å². The Bertz CT molecular complexity index is 589. The van der Waals surface area contributed by atoms with Crippen molar-refractivity contribution in [2.45, 2.75) is 25.3 Å². The predicted molar refractivity (Wildman–Crippen MR) is 80.7 cm³/mol. The number of thiazole rings is 1. The Hall–Kier alpha value is -1.76. The Kier molecular flexibility index (Phi) is 7.17. The average molecular weight is 351 g/mol. The van der Waals surface area contributed by atoms with E-state index in [1.807, 2.05) is 0 Å². The molecule has 1 unspecified atom stereocenters. The van der Waals surface area contributed by atoms with E-state index in [4.69, 9.17) is 10.2 Å². The molecule has 12 heteroatoms. The summed E-state index contributed by atoms with van der Waals surface area (Å²) in [7, 11) is -3.74. The fourth-order valence-corrected chi connectivity index (χ4v) is 2.54. The minimum atomic E-state index is -3.74. The number of hydrogen-bond acceptors (Lipinski definition) is 6. The van der Waals surface area contributed by atoms with E-state index >= 15 is 0 Å². The van der Waals surface area contributed by atoms with Gasteiger partial charge in [0.15, 0.2) is 5.13 Å². The van der Waals surface area contributed by atoms with E-state index in [9.17, 15) is 18.0 Å². The van der Waals surface area contributed by atoms with Crippen LogP contribution in [0.2, 0.25) is 0 Å². The minimum Gasteiger partial charge on any atom is -0.465 e. The maximum atomic E-state index is 12.0. The van der Waals surface area contributed by atoms with Crippen molar-refractivity contribution in [1.29, 1.82) is 0 Å². The molecule has 1 rings (SSSR count). The van der Waals surface area contributed by atoms with Gasteiger partial charge in [-0.05, 0) is 19.3 Å². The normalized spacial score (nSPS) is 12.6. The Labute approximate surface area is 131 Å². The summed E-state index contributed by atoms with van der Waals surface area (Å²) in [5.41, 5.74) is 0. The molecule has 0 aliphatic carbocycles. The van der Waals surface area contributed by atoms with Crippen LogP contribution in [0.3, 0.4) is 0 Å². The first kappa shape index (κ1) is 18.3. The molecule has 0 aromatic carbocycles. The number of anilines is 1. The van der Waals surface area contributed by atoms with Crippen molar-refractivity contribution >= 4 is 38.7 Å². The fourth-order valence-electron chi connectivity index (χ4n) is 1.58. The maximum absolute atomic E-state index is 12.0. The van der Waals surface area contributed by atoms with Gasteiger partial charge in [0, 0.05) is 18.1 Å². The highest BCUT2D eigenvalue weighted by Gasteiger charge is 2.20. The van der Waals surface area contributed by atoms with Gasteiger partial charge < -0.3 is 15.7 Å². The van der Waals surface area contributed by atoms with Gasteiger partial charge in [-0.25, -0.2) is 19.6 Å². The van der Waals surface area contributed by atoms with Crippen molar-refractivity contribution in [3.8, 4) is 0 Å². The zero-order valence-electron chi connectivity index (χ0n) is 11.5. The Morgan fingerprint density at radius 3 is 2.68 bits per heavy atom. The van der Waals surface area contributed by atoms with E-state index in [2.05, 4.69) is 20.3 Å². The molecule has 0 fully saturated rings. The predicted octanol–water partition coefficient (Wildman–Crippen LogP) is -0.319. The van der Waals surface area contributed by atoms with Crippen molar-refractivity contribution in [3.63, 3.8) is 0 Å². The maximum Gasteiger partial charge on any atom is 0.405 e. The molecule has 0 spiro atoms.